The average Bonchev–Trinajstić information content (AvgIpc) is 3.24. The number of piperidine rings is 1. The second kappa shape index (κ2) is 5.29. The van der Waals surface area contributed by atoms with Crippen LogP contribution in [0, 0.1) is 0 Å². The molecule has 4 rings (SSSR count). The highest BCUT2D eigenvalue weighted by Gasteiger charge is 2.27. The molecule has 1 aromatic carbocycles. The molecule has 6 nitrogen and oxygen atoms in total. The van der Waals surface area contributed by atoms with Crippen molar-refractivity contribution in [3.05, 3.63) is 48.4 Å². The van der Waals surface area contributed by atoms with E-state index in [9.17, 15) is 4.79 Å². The molecule has 22 heavy (non-hydrogen) atoms. The van der Waals surface area contributed by atoms with Gasteiger partial charge in [0.05, 0.1) is 11.6 Å². The van der Waals surface area contributed by atoms with Crippen LogP contribution in [0.15, 0.2) is 42.7 Å². The monoisotopic (exact) mass is 295 g/mol. The minimum Gasteiger partial charge on any atom is -0.335 e. The Balaban J connectivity index is 1.60. The van der Waals surface area contributed by atoms with Crippen molar-refractivity contribution in [3.63, 3.8) is 0 Å². The molecule has 0 spiro atoms. The predicted octanol–water partition coefficient (Wildman–Crippen LogP) is 2.24. The lowest BCUT2D eigenvalue weighted by Crippen LogP contribution is -2.41. The first-order valence-electron chi connectivity index (χ1n) is 7.54. The van der Waals surface area contributed by atoms with Gasteiger partial charge in [-0.15, -0.1) is 0 Å². The second-order valence-electron chi connectivity index (χ2n) is 5.65. The fourth-order valence-electron chi connectivity index (χ4n) is 3.13. The predicted molar refractivity (Wildman–Crippen MR) is 82.5 cm³/mol. The lowest BCUT2D eigenvalue weighted by Gasteiger charge is -2.32. The molecule has 1 fully saturated rings. The Labute approximate surface area is 127 Å². The SMILES string of the molecule is O=C(c1n[nH]c2ccccc12)N1CCC[C@H](n2cccn2)C1. The topological polar surface area (TPSA) is 66.8 Å². The lowest BCUT2D eigenvalue weighted by atomic mass is 10.1. The number of amides is 1. The Kier molecular flexibility index (Phi) is 3.14. The van der Waals surface area contributed by atoms with Gasteiger partial charge in [0.1, 0.15) is 0 Å². The van der Waals surface area contributed by atoms with Crippen molar-refractivity contribution in [1.29, 1.82) is 0 Å². The minimum absolute atomic E-state index is 0.00527. The number of carbonyl (C=O) groups is 1. The molecule has 0 unspecified atom stereocenters. The summed E-state index contributed by atoms with van der Waals surface area (Å²) in [4.78, 5) is 14.7. The van der Waals surface area contributed by atoms with Crippen molar-refractivity contribution in [2.75, 3.05) is 13.1 Å². The Hall–Kier alpha value is -2.63. The van der Waals surface area contributed by atoms with E-state index >= 15 is 0 Å². The molecule has 1 amide bonds. The number of fused-ring (bicyclic) bond motifs is 1. The summed E-state index contributed by atoms with van der Waals surface area (Å²) in [7, 11) is 0. The first-order chi connectivity index (χ1) is 10.8. The van der Waals surface area contributed by atoms with E-state index in [0.717, 1.165) is 30.3 Å². The maximum Gasteiger partial charge on any atom is 0.275 e. The molecule has 1 aliphatic rings. The average molecular weight is 295 g/mol. The number of aromatic amines is 1. The van der Waals surface area contributed by atoms with Crippen molar-refractivity contribution in [2.24, 2.45) is 0 Å². The van der Waals surface area contributed by atoms with Crippen LogP contribution in [0.2, 0.25) is 0 Å². The van der Waals surface area contributed by atoms with E-state index in [-0.39, 0.29) is 11.9 Å². The fourth-order valence-corrected chi connectivity index (χ4v) is 3.13. The smallest absolute Gasteiger partial charge is 0.275 e. The molecule has 1 N–H and O–H groups in total. The number of hydrogen-bond acceptors (Lipinski definition) is 3. The number of likely N-dealkylation sites (tertiary alicyclic amines) is 1. The van der Waals surface area contributed by atoms with Gasteiger partial charge in [0.25, 0.3) is 5.91 Å². The third-order valence-corrected chi connectivity index (χ3v) is 4.26. The van der Waals surface area contributed by atoms with Gasteiger partial charge in [-0.05, 0) is 25.0 Å². The van der Waals surface area contributed by atoms with Crippen LogP contribution in [-0.2, 0) is 0 Å². The van der Waals surface area contributed by atoms with Gasteiger partial charge in [-0.2, -0.15) is 10.2 Å². The number of hydrogen-bond donors (Lipinski definition) is 1. The zero-order valence-electron chi connectivity index (χ0n) is 12.1. The van der Waals surface area contributed by atoms with Gasteiger partial charge >= 0.3 is 0 Å². The van der Waals surface area contributed by atoms with E-state index in [0.29, 0.717) is 12.2 Å². The molecule has 1 atom stereocenters. The zero-order valence-corrected chi connectivity index (χ0v) is 12.1. The van der Waals surface area contributed by atoms with Crippen LogP contribution < -0.4 is 0 Å². The van der Waals surface area contributed by atoms with Crippen LogP contribution in [0.5, 0.6) is 0 Å². The molecular weight excluding hydrogens is 278 g/mol. The summed E-state index contributed by atoms with van der Waals surface area (Å²) < 4.78 is 1.95. The van der Waals surface area contributed by atoms with Crippen molar-refractivity contribution >= 4 is 16.8 Å². The van der Waals surface area contributed by atoms with E-state index in [1.54, 1.807) is 6.20 Å². The van der Waals surface area contributed by atoms with E-state index in [1.165, 1.54) is 0 Å². The fraction of sp³-hybridized carbons (Fsp3) is 0.312. The third kappa shape index (κ3) is 2.16. The van der Waals surface area contributed by atoms with Gasteiger partial charge in [0.2, 0.25) is 0 Å². The van der Waals surface area contributed by atoms with Crippen LogP contribution >= 0.6 is 0 Å². The number of nitrogens with one attached hydrogen (secondary N) is 1. The van der Waals surface area contributed by atoms with Crippen LogP contribution in [0.1, 0.15) is 29.4 Å². The molecule has 1 aliphatic heterocycles. The van der Waals surface area contributed by atoms with Gasteiger partial charge < -0.3 is 4.90 Å². The molecule has 0 aliphatic carbocycles. The van der Waals surface area contributed by atoms with E-state index in [4.69, 9.17) is 0 Å². The lowest BCUT2D eigenvalue weighted by molar-refractivity contribution is 0.0669. The molecule has 0 radical (unpaired) electrons. The van der Waals surface area contributed by atoms with E-state index < -0.39 is 0 Å². The maximum atomic E-state index is 12.8. The molecule has 3 heterocycles. The zero-order chi connectivity index (χ0) is 14.9. The Bertz CT molecular complexity index is 792. The normalized spacial score (nSPS) is 18.7. The summed E-state index contributed by atoms with van der Waals surface area (Å²) in [6.07, 6.45) is 5.77. The molecule has 0 bridgehead atoms. The number of carbonyl (C=O) groups excluding carboxylic acids is 1. The summed E-state index contributed by atoms with van der Waals surface area (Å²) in [6.45, 7) is 1.46. The van der Waals surface area contributed by atoms with E-state index in [1.807, 2.05) is 46.1 Å². The number of aromatic nitrogens is 4. The minimum atomic E-state index is -0.00527. The Morgan fingerprint density at radius 1 is 1.27 bits per heavy atom. The number of rotatable bonds is 2. The van der Waals surface area contributed by atoms with Gasteiger partial charge in [-0.1, -0.05) is 18.2 Å². The maximum absolute atomic E-state index is 12.8. The van der Waals surface area contributed by atoms with Crippen molar-refractivity contribution in [2.45, 2.75) is 18.9 Å². The summed E-state index contributed by atoms with van der Waals surface area (Å²) in [5.74, 6) is -0.00527. The number of H-pyrrole nitrogens is 1. The summed E-state index contributed by atoms with van der Waals surface area (Å²) in [5, 5.41) is 12.3. The third-order valence-electron chi connectivity index (χ3n) is 4.26. The van der Waals surface area contributed by atoms with E-state index in [2.05, 4.69) is 15.3 Å². The van der Waals surface area contributed by atoms with Crippen LogP contribution in [-0.4, -0.2) is 43.9 Å². The number of benzene rings is 1. The molecule has 1 saturated heterocycles. The summed E-state index contributed by atoms with van der Waals surface area (Å²) in [5.41, 5.74) is 1.41. The summed E-state index contributed by atoms with van der Waals surface area (Å²) >= 11 is 0. The largest absolute Gasteiger partial charge is 0.335 e. The van der Waals surface area contributed by atoms with Crippen LogP contribution in [0.3, 0.4) is 0 Å². The molecule has 3 aromatic rings. The highest BCUT2D eigenvalue weighted by molar-refractivity contribution is 6.04. The van der Waals surface area contributed by atoms with Gasteiger partial charge in [0.15, 0.2) is 5.69 Å². The second-order valence-corrected chi connectivity index (χ2v) is 5.65. The van der Waals surface area contributed by atoms with Gasteiger partial charge in [-0.25, -0.2) is 0 Å². The van der Waals surface area contributed by atoms with Crippen molar-refractivity contribution in [1.82, 2.24) is 24.9 Å². The first kappa shape index (κ1) is 13.1. The van der Waals surface area contributed by atoms with Crippen LogP contribution in [0.25, 0.3) is 10.9 Å². The molecule has 2 aromatic heterocycles. The number of para-hydroxylation sites is 1. The molecular formula is C16H17N5O. The van der Waals surface area contributed by atoms with Gasteiger partial charge in [0, 0.05) is 30.9 Å². The number of nitrogens with zero attached hydrogens (tertiary/aromatic N) is 4. The Morgan fingerprint density at radius 3 is 3.05 bits per heavy atom. The summed E-state index contributed by atoms with van der Waals surface area (Å²) in [6, 6.07) is 9.89. The Morgan fingerprint density at radius 2 is 2.18 bits per heavy atom. The highest BCUT2D eigenvalue weighted by Crippen LogP contribution is 2.23. The molecule has 6 heteroatoms. The van der Waals surface area contributed by atoms with Crippen LogP contribution in [0.4, 0.5) is 0 Å². The molecule has 0 saturated carbocycles. The highest BCUT2D eigenvalue weighted by atomic mass is 16.2. The first-order valence-corrected chi connectivity index (χ1v) is 7.54. The van der Waals surface area contributed by atoms with Gasteiger partial charge in [-0.3, -0.25) is 14.6 Å². The molecule has 112 valence electrons. The van der Waals surface area contributed by atoms with Crippen molar-refractivity contribution in [3.8, 4) is 0 Å². The van der Waals surface area contributed by atoms with Crippen molar-refractivity contribution < 1.29 is 4.79 Å². The standard InChI is InChI=1S/C16H17N5O/c22-16(15-13-6-1-2-7-14(13)18-19-15)20-9-3-5-12(11-20)21-10-4-8-17-21/h1-2,4,6-8,10,12H,3,5,9,11H2,(H,18,19)/t12-/m0/s1. The quantitative estimate of drug-likeness (QED) is 0.788.